The SMILES string of the molecule is CC(C)C(C(=O)NN)n1cc(Cl)cn1. The molecule has 0 bridgehead atoms. The predicted octanol–water partition coefficient (Wildman–Crippen LogP) is 0.724. The van der Waals surface area contributed by atoms with Crippen molar-refractivity contribution in [1.29, 1.82) is 0 Å². The highest BCUT2D eigenvalue weighted by atomic mass is 35.5. The summed E-state index contributed by atoms with van der Waals surface area (Å²) in [4.78, 5) is 11.4. The Morgan fingerprint density at radius 1 is 1.71 bits per heavy atom. The third kappa shape index (κ3) is 2.24. The van der Waals surface area contributed by atoms with Gasteiger partial charge in [-0.1, -0.05) is 25.4 Å². The number of hydrogen-bond donors (Lipinski definition) is 2. The Morgan fingerprint density at radius 3 is 2.71 bits per heavy atom. The lowest BCUT2D eigenvalue weighted by Crippen LogP contribution is -2.39. The third-order valence-electron chi connectivity index (χ3n) is 1.90. The van der Waals surface area contributed by atoms with E-state index in [1.807, 2.05) is 13.8 Å². The molecule has 1 aromatic heterocycles. The molecule has 0 aliphatic rings. The van der Waals surface area contributed by atoms with Gasteiger partial charge in [0.05, 0.1) is 11.2 Å². The Balaban J connectivity index is 2.94. The van der Waals surface area contributed by atoms with Crippen molar-refractivity contribution in [2.24, 2.45) is 11.8 Å². The fourth-order valence-electron chi connectivity index (χ4n) is 1.28. The Labute approximate surface area is 87.2 Å². The average Bonchev–Trinajstić information content (AvgIpc) is 2.51. The summed E-state index contributed by atoms with van der Waals surface area (Å²) in [5.74, 6) is 4.90. The molecule has 0 saturated carbocycles. The van der Waals surface area contributed by atoms with Crippen LogP contribution in [0, 0.1) is 5.92 Å². The fourth-order valence-corrected chi connectivity index (χ4v) is 1.42. The molecule has 1 unspecified atom stereocenters. The van der Waals surface area contributed by atoms with Crippen molar-refractivity contribution in [3.8, 4) is 0 Å². The molecule has 1 amide bonds. The second kappa shape index (κ2) is 4.43. The summed E-state index contributed by atoms with van der Waals surface area (Å²) in [5, 5.41) is 4.48. The number of halogens is 1. The number of amides is 1. The Kier molecular flexibility index (Phi) is 3.49. The van der Waals surface area contributed by atoms with Crippen LogP contribution in [0.25, 0.3) is 0 Å². The van der Waals surface area contributed by atoms with Gasteiger partial charge in [0, 0.05) is 6.20 Å². The summed E-state index contributed by atoms with van der Waals surface area (Å²) in [6.07, 6.45) is 3.09. The van der Waals surface area contributed by atoms with E-state index in [1.165, 1.54) is 10.9 Å². The Bertz CT molecular complexity index is 323. The maximum Gasteiger partial charge on any atom is 0.258 e. The normalized spacial score (nSPS) is 12.9. The van der Waals surface area contributed by atoms with Crippen LogP contribution in [0.1, 0.15) is 19.9 Å². The first-order valence-electron chi connectivity index (χ1n) is 4.26. The summed E-state index contributed by atoms with van der Waals surface area (Å²) in [6.45, 7) is 3.82. The number of hydrazine groups is 1. The Morgan fingerprint density at radius 2 is 2.36 bits per heavy atom. The lowest BCUT2D eigenvalue weighted by Gasteiger charge is -2.18. The van der Waals surface area contributed by atoms with Gasteiger partial charge in [-0.2, -0.15) is 5.10 Å². The number of nitrogens with two attached hydrogens (primary N) is 1. The molecule has 1 heterocycles. The second-order valence-electron chi connectivity index (χ2n) is 3.34. The third-order valence-corrected chi connectivity index (χ3v) is 2.09. The average molecular weight is 217 g/mol. The van der Waals surface area contributed by atoms with E-state index in [1.54, 1.807) is 6.20 Å². The minimum Gasteiger partial charge on any atom is -0.292 e. The molecule has 0 radical (unpaired) electrons. The van der Waals surface area contributed by atoms with Crippen molar-refractivity contribution < 1.29 is 4.79 Å². The van der Waals surface area contributed by atoms with Crippen molar-refractivity contribution in [2.45, 2.75) is 19.9 Å². The van der Waals surface area contributed by atoms with E-state index in [9.17, 15) is 4.79 Å². The van der Waals surface area contributed by atoms with E-state index >= 15 is 0 Å². The van der Waals surface area contributed by atoms with E-state index in [-0.39, 0.29) is 11.8 Å². The highest BCUT2D eigenvalue weighted by Crippen LogP contribution is 2.18. The number of carbonyl (C=O) groups is 1. The smallest absolute Gasteiger partial charge is 0.258 e. The predicted molar refractivity (Wildman–Crippen MR) is 53.4 cm³/mol. The highest BCUT2D eigenvalue weighted by Gasteiger charge is 2.23. The number of hydrogen-bond acceptors (Lipinski definition) is 3. The van der Waals surface area contributed by atoms with Gasteiger partial charge in [0.1, 0.15) is 6.04 Å². The minimum atomic E-state index is -0.424. The minimum absolute atomic E-state index is 0.0921. The standard InChI is InChI=1S/C8H13ClN4O/c1-5(2)7(8(14)12-10)13-4-6(9)3-11-13/h3-5,7H,10H2,1-2H3,(H,12,14). The first kappa shape index (κ1) is 11.0. The van der Waals surface area contributed by atoms with Gasteiger partial charge in [-0.25, -0.2) is 5.84 Å². The van der Waals surface area contributed by atoms with Gasteiger partial charge in [-0.05, 0) is 5.92 Å². The number of rotatable bonds is 3. The molecule has 5 nitrogen and oxygen atoms in total. The topological polar surface area (TPSA) is 72.9 Å². The van der Waals surface area contributed by atoms with Crippen LogP contribution in [0.4, 0.5) is 0 Å². The molecule has 3 N–H and O–H groups in total. The molecule has 6 heteroatoms. The van der Waals surface area contributed by atoms with Gasteiger partial charge in [-0.15, -0.1) is 0 Å². The largest absolute Gasteiger partial charge is 0.292 e. The van der Waals surface area contributed by atoms with Gasteiger partial charge in [-0.3, -0.25) is 14.9 Å². The van der Waals surface area contributed by atoms with Crippen LogP contribution in [-0.2, 0) is 4.79 Å². The second-order valence-corrected chi connectivity index (χ2v) is 3.77. The van der Waals surface area contributed by atoms with Crippen LogP contribution < -0.4 is 11.3 Å². The zero-order valence-corrected chi connectivity index (χ0v) is 8.82. The Hall–Kier alpha value is -1.07. The van der Waals surface area contributed by atoms with Gasteiger partial charge < -0.3 is 0 Å². The number of aromatic nitrogens is 2. The van der Waals surface area contributed by atoms with E-state index in [0.717, 1.165) is 0 Å². The summed E-state index contributed by atoms with van der Waals surface area (Å²) in [7, 11) is 0. The molecule has 0 spiro atoms. The lowest BCUT2D eigenvalue weighted by molar-refractivity contribution is -0.125. The van der Waals surface area contributed by atoms with Gasteiger partial charge in [0.15, 0.2) is 0 Å². The maximum atomic E-state index is 11.4. The van der Waals surface area contributed by atoms with Gasteiger partial charge in [0.2, 0.25) is 0 Å². The highest BCUT2D eigenvalue weighted by molar-refractivity contribution is 6.30. The van der Waals surface area contributed by atoms with Crippen molar-refractivity contribution in [1.82, 2.24) is 15.2 Å². The van der Waals surface area contributed by atoms with Crippen LogP contribution in [0.3, 0.4) is 0 Å². The van der Waals surface area contributed by atoms with E-state index < -0.39 is 6.04 Å². The number of nitrogens with one attached hydrogen (secondary N) is 1. The maximum absolute atomic E-state index is 11.4. The van der Waals surface area contributed by atoms with Gasteiger partial charge in [0.25, 0.3) is 5.91 Å². The van der Waals surface area contributed by atoms with Crippen molar-refractivity contribution in [3.63, 3.8) is 0 Å². The summed E-state index contributed by atoms with van der Waals surface area (Å²) in [5.41, 5.74) is 2.11. The lowest BCUT2D eigenvalue weighted by atomic mass is 10.0. The van der Waals surface area contributed by atoms with Crippen LogP contribution in [-0.4, -0.2) is 15.7 Å². The van der Waals surface area contributed by atoms with E-state index in [2.05, 4.69) is 10.5 Å². The molecule has 0 aliphatic heterocycles. The molecule has 1 aromatic rings. The first-order chi connectivity index (χ1) is 6.56. The summed E-state index contributed by atoms with van der Waals surface area (Å²) in [6, 6.07) is -0.424. The molecule has 78 valence electrons. The molecule has 1 rings (SSSR count). The molecular formula is C8H13ClN4O. The summed E-state index contributed by atoms with van der Waals surface area (Å²) < 4.78 is 1.51. The molecule has 0 aromatic carbocycles. The van der Waals surface area contributed by atoms with Crippen LogP contribution in [0.5, 0.6) is 0 Å². The monoisotopic (exact) mass is 216 g/mol. The van der Waals surface area contributed by atoms with Crippen LogP contribution in [0.15, 0.2) is 12.4 Å². The van der Waals surface area contributed by atoms with Crippen molar-refractivity contribution in [2.75, 3.05) is 0 Å². The summed E-state index contributed by atoms with van der Waals surface area (Å²) >= 11 is 5.71. The zero-order chi connectivity index (χ0) is 10.7. The quantitative estimate of drug-likeness (QED) is 0.444. The van der Waals surface area contributed by atoms with E-state index in [0.29, 0.717) is 5.02 Å². The first-order valence-corrected chi connectivity index (χ1v) is 4.64. The fraction of sp³-hybridized carbons (Fsp3) is 0.500. The van der Waals surface area contributed by atoms with Gasteiger partial charge >= 0.3 is 0 Å². The molecule has 14 heavy (non-hydrogen) atoms. The molecule has 0 saturated heterocycles. The van der Waals surface area contributed by atoms with Crippen molar-refractivity contribution in [3.05, 3.63) is 17.4 Å². The van der Waals surface area contributed by atoms with E-state index in [4.69, 9.17) is 17.4 Å². The van der Waals surface area contributed by atoms with Crippen molar-refractivity contribution >= 4 is 17.5 Å². The zero-order valence-electron chi connectivity index (χ0n) is 8.07. The molecule has 1 atom stereocenters. The molecule has 0 fully saturated rings. The molecular weight excluding hydrogens is 204 g/mol. The van der Waals surface area contributed by atoms with Crippen LogP contribution >= 0.6 is 11.6 Å². The number of nitrogens with zero attached hydrogens (tertiary/aromatic N) is 2. The van der Waals surface area contributed by atoms with Crippen LogP contribution in [0.2, 0.25) is 5.02 Å². The number of carbonyl (C=O) groups excluding carboxylic acids is 1. The molecule has 0 aliphatic carbocycles.